The van der Waals surface area contributed by atoms with Crippen LogP contribution in [0.3, 0.4) is 0 Å². The average molecular weight is 349 g/mol. The number of aliphatic hydroxyl groups is 3. The number of amides is 2. The molecule has 0 unspecified atom stereocenters. The number of benzene rings is 1. The van der Waals surface area contributed by atoms with Crippen LogP contribution in [0.5, 0.6) is 0 Å². The Morgan fingerprint density at radius 2 is 1.76 bits per heavy atom. The molecule has 1 saturated heterocycles. The minimum atomic E-state index is -1.54. The normalized spacial score (nSPS) is 32.0. The van der Waals surface area contributed by atoms with Gasteiger partial charge in [0.15, 0.2) is 6.29 Å². The summed E-state index contributed by atoms with van der Waals surface area (Å²) in [6.45, 7) is 2.99. The standard InChI is InChI=1S/C17H19NO7/c1-2-7-24-17-12(14(21)13(20)11(8-19)25-17)18-15(22)9-5-3-4-6-10(9)16(18)23/h2-6,11-14,17,19-21H,1,7-8H2/t11-,12+,13+,14+,17+/m0/s1. The molecule has 2 heterocycles. The third kappa shape index (κ3) is 2.88. The number of nitrogens with zero attached hydrogens (tertiary/aromatic N) is 1. The molecule has 8 nitrogen and oxygen atoms in total. The monoisotopic (exact) mass is 349 g/mol. The van der Waals surface area contributed by atoms with Gasteiger partial charge in [-0.05, 0) is 12.1 Å². The van der Waals surface area contributed by atoms with Crippen LogP contribution in [0.25, 0.3) is 0 Å². The first kappa shape index (κ1) is 17.7. The van der Waals surface area contributed by atoms with E-state index in [1.165, 1.54) is 18.2 Å². The number of hydrogen-bond acceptors (Lipinski definition) is 7. The van der Waals surface area contributed by atoms with Crippen LogP contribution in [-0.4, -0.2) is 75.9 Å². The van der Waals surface area contributed by atoms with Crippen molar-refractivity contribution in [3.63, 3.8) is 0 Å². The lowest BCUT2D eigenvalue weighted by Crippen LogP contribution is -2.65. The van der Waals surface area contributed by atoms with Crippen molar-refractivity contribution in [2.24, 2.45) is 0 Å². The zero-order valence-corrected chi connectivity index (χ0v) is 13.3. The molecule has 0 radical (unpaired) electrons. The third-order valence-corrected chi connectivity index (χ3v) is 4.35. The molecule has 0 saturated carbocycles. The molecule has 1 fully saturated rings. The second kappa shape index (κ2) is 7.03. The molecule has 25 heavy (non-hydrogen) atoms. The number of hydrogen-bond donors (Lipinski definition) is 3. The number of imide groups is 1. The Bertz CT molecular complexity index is 656. The van der Waals surface area contributed by atoms with Crippen LogP contribution in [-0.2, 0) is 9.47 Å². The summed E-state index contributed by atoms with van der Waals surface area (Å²) in [4.78, 5) is 26.2. The topological polar surface area (TPSA) is 117 Å². The van der Waals surface area contributed by atoms with E-state index in [1.54, 1.807) is 12.1 Å². The second-order valence-electron chi connectivity index (χ2n) is 5.85. The van der Waals surface area contributed by atoms with Crippen molar-refractivity contribution in [2.75, 3.05) is 13.2 Å². The van der Waals surface area contributed by atoms with E-state index in [2.05, 4.69) is 6.58 Å². The van der Waals surface area contributed by atoms with Crippen molar-refractivity contribution >= 4 is 11.8 Å². The van der Waals surface area contributed by atoms with Crippen molar-refractivity contribution in [3.05, 3.63) is 48.0 Å². The Hall–Kier alpha value is -2.10. The number of aliphatic hydroxyl groups excluding tert-OH is 3. The molecule has 1 aromatic carbocycles. The number of carbonyl (C=O) groups excluding carboxylic acids is 2. The molecule has 2 aliphatic rings. The van der Waals surface area contributed by atoms with Crippen LogP contribution in [0.1, 0.15) is 20.7 Å². The first-order valence-corrected chi connectivity index (χ1v) is 7.83. The minimum Gasteiger partial charge on any atom is -0.394 e. The number of fused-ring (bicyclic) bond motifs is 1. The van der Waals surface area contributed by atoms with Gasteiger partial charge in [0.2, 0.25) is 0 Å². The molecule has 2 amide bonds. The van der Waals surface area contributed by atoms with E-state index in [-0.39, 0.29) is 17.7 Å². The van der Waals surface area contributed by atoms with E-state index in [0.717, 1.165) is 4.90 Å². The van der Waals surface area contributed by atoms with Gasteiger partial charge >= 0.3 is 0 Å². The highest BCUT2D eigenvalue weighted by molar-refractivity contribution is 6.21. The van der Waals surface area contributed by atoms with Crippen molar-refractivity contribution in [2.45, 2.75) is 30.6 Å². The van der Waals surface area contributed by atoms with E-state index < -0.39 is 49.1 Å². The lowest BCUT2D eigenvalue weighted by Gasteiger charge is -2.44. The van der Waals surface area contributed by atoms with Crippen LogP contribution in [0.4, 0.5) is 0 Å². The molecule has 3 N–H and O–H groups in total. The number of carbonyl (C=O) groups is 2. The van der Waals surface area contributed by atoms with Crippen molar-refractivity contribution in [1.82, 2.24) is 4.90 Å². The predicted octanol–water partition coefficient (Wildman–Crippen LogP) is -0.707. The Labute approximate surface area is 143 Å². The summed E-state index contributed by atoms with van der Waals surface area (Å²) in [6, 6.07) is 5.02. The Morgan fingerprint density at radius 1 is 1.16 bits per heavy atom. The largest absolute Gasteiger partial charge is 0.394 e. The van der Waals surface area contributed by atoms with Gasteiger partial charge in [-0.25, -0.2) is 0 Å². The maximum Gasteiger partial charge on any atom is 0.262 e. The van der Waals surface area contributed by atoms with Crippen LogP contribution < -0.4 is 0 Å². The molecule has 0 aromatic heterocycles. The van der Waals surface area contributed by atoms with Crippen molar-refractivity contribution in [1.29, 1.82) is 0 Å². The molecule has 2 aliphatic heterocycles. The quantitative estimate of drug-likeness (QED) is 0.475. The van der Waals surface area contributed by atoms with Gasteiger partial charge in [0.05, 0.1) is 24.3 Å². The first-order valence-electron chi connectivity index (χ1n) is 7.83. The maximum atomic E-state index is 12.7. The molecule has 5 atom stereocenters. The zero-order valence-electron chi connectivity index (χ0n) is 13.3. The van der Waals surface area contributed by atoms with Gasteiger partial charge in [-0.3, -0.25) is 14.5 Å². The van der Waals surface area contributed by atoms with Crippen molar-refractivity contribution < 1.29 is 34.4 Å². The van der Waals surface area contributed by atoms with Crippen LogP contribution in [0, 0.1) is 0 Å². The highest BCUT2D eigenvalue weighted by atomic mass is 16.7. The number of ether oxygens (including phenoxy) is 2. The SMILES string of the molecule is C=CCO[C@@H]1O[C@@H](CO)[C@@H](O)[C@H](O)[C@H]1N1C(=O)c2ccccc2C1=O. The summed E-state index contributed by atoms with van der Waals surface area (Å²) in [5, 5.41) is 29.9. The first-order chi connectivity index (χ1) is 12.0. The van der Waals surface area contributed by atoms with Gasteiger partial charge in [-0.15, -0.1) is 6.58 Å². The maximum absolute atomic E-state index is 12.7. The Morgan fingerprint density at radius 3 is 2.28 bits per heavy atom. The fourth-order valence-electron chi connectivity index (χ4n) is 3.12. The zero-order chi connectivity index (χ0) is 18.1. The van der Waals surface area contributed by atoms with Gasteiger partial charge in [-0.2, -0.15) is 0 Å². The Kier molecular flexibility index (Phi) is 4.98. The smallest absolute Gasteiger partial charge is 0.262 e. The molecule has 134 valence electrons. The van der Waals surface area contributed by atoms with E-state index in [4.69, 9.17) is 9.47 Å². The van der Waals surface area contributed by atoms with Gasteiger partial charge in [0, 0.05) is 0 Å². The lowest BCUT2D eigenvalue weighted by molar-refractivity contribution is -0.276. The molecule has 0 bridgehead atoms. The minimum absolute atomic E-state index is 0.0330. The molecule has 0 spiro atoms. The average Bonchev–Trinajstić information content (AvgIpc) is 2.87. The number of rotatable bonds is 5. The molecular weight excluding hydrogens is 330 g/mol. The van der Waals surface area contributed by atoms with E-state index in [1.807, 2.05) is 0 Å². The fourth-order valence-corrected chi connectivity index (χ4v) is 3.12. The third-order valence-electron chi connectivity index (χ3n) is 4.35. The van der Waals surface area contributed by atoms with Gasteiger partial charge in [0.1, 0.15) is 24.4 Å². The molecule has 8 heteroatoms. The van der Waals surface area contributed by atoms with E-state index in [0.29, 0.717) is 0 Å². The fraction of sp³-hybridized carbons (Fsp3) is 0.412. The van der Waals surface area contributed by atoms with Crippen molar-refractivity contribution in [3.8, 4) is 0 Å². The lowest BCUT2D eigenvalue weighted by atomic mass is 9.95. The highest BCUT2D eigenvalue weighted by Gasteiger charge is 2.53. The van der Waals surface area contributed by atoms with E-state index >= 15 is 0 Å². The van der Waals surface area contributed by atoms with Crippen LogP contribution >= 0.6 is 0 Å². The molecular formula is C17H19NO7. The summed E-state index contributed by atoms with van der Waals surface area (Å²) in [5.41, 5.74) is 0.418. The van der Waals surface area contributed by atoms with E-state index in [9.17, 15) is 24.9 Å². The van der Waals surface area contributed by atoms with Crippen LogP contribution in [0.2, 0.25) is 0 Å². The summed E-state index contributed by atoms with van der Waals surface area (Å²) in [6.07, 6.45) is -3.90. The van der Waals surface area contributed by atoms with Gasteiger partial charge < -0.3 is 24.8 Å². The molecule has 0 aliphatic carbocycles. The predicted molar refractivity (Wildman–Crippen MR) is 84.6 cm³/mol. The molecule has 3 rings (SSSR count). The Balaban J connectivity index is 1.96. The van der Waals surface area contributed by atoms with Gasteiger partial charge in [0.25, 0.3) is 11.8 Å². The highest BCUT2D eigenvalue weighted by Crippen LogP contribution is 2.32. The molecule has 1 aromatic rings. The van der Waals surface area contributed by atoms with Crippen LogP contribution in [0.15, 0.2) is 36.9 Å². The summed E-state index contributed by atoms with van der Waals surface area (Å²) < 4.78 is 10.9. The summed E-state index contributed by atoms with van der Waals surface area (Å²) >= 11 is 0. The second-order valence-corrected chi connectivity index (χ2v) is 5.85. The summed E-state index contributed by atoms with van der Waals surface area (Å²) in [7, 11) is 0. The summed E-state index contributed by atoms with van der Waals surface area (Å²) in [5.74, 6) is -1.20. The van der Waals surface area contributed by atoms with Gasteiger partial charge in [-0.1, -0.05) is 18.2 Å².